The lowest BCUT2D eigenvalue weighted by Gasteiger charge is -2.02. The molecule has 6 heteroatoms. The summed E-state index contributed by atoms with van der Waals surface area (Å²) in [5.41, 5.74) is 12.0. The van der Waals surface area contributed by atoms with Crippen molar-refractivity contribution in [3.8, 4) is 5.75 Å². The third-order valence-electron chi connectivity index (χ3n) is 2.12. The molecule has 0 fully saturated rings. The van der Waals surface area contributed by atoms with Gasteiger partial charge in [0.15, 0.2) is 0 Å². The Morgan fingerprint density at radius 2 is 2.29 bits per heavy atom. The van der Waals surface area contributed by atoms with Crippen LogP contribution < -0.4 is 16.2 Å². The molecule has 4 N–H and O–H groups in total. The molecule has 0 bridgehead atoms. The van der Waals surface area contributed by atoms with Crippen LogP contribution in [0.3, 0.4) is 0 Å². The molecular formula is C8H9N3O3. The second kappa shape index (κ2) is 2.85. The van der Waals surface area contributed by atoms with Crippen molar-refractivity contribution in [3.05, 3.63) is 27.8 Å². The van der Waals surface area contributed by atoms with Crippen molar-refractivity contribution in [2.24, 2.45) is 5.73 Å². The van der Waals surface area contributed by atoms with Gasteiger partial charge in [-0.2, -0.15) is 0 Å². The Morgan fingerprint density at radius 1 is 1.57 bits per heavy atom. The summed E-state index contributed by atoms with van der Waals surface area (Å²) in [6.45, 7) is 0.264. The molecule has 1 unspecified atom stereocenters. The van der Waals surface area contributed by atoms with E-state index in [-0.39, 0.29) is 24.1 Å². The van der Waals surface area contributed by atoms with Crippen molar-refractivity contribution >= 4 is 11.4 Å². The Hall–Kier alpha value is -1.82. The molecule has 74 valence electrons. The Bertz CT molecular complexity index is 405. The second-order valence-electron chi connectivity index (χ2n) is 3.13. The molecule has 6 nitrogen and oxygen atoms in total. The molecule has 1 atom stereocenters. The zero-order valence-electron chi connectivity index (χ0n) is 7.27. The van der Waals surface area contributed by atoms with Crippen molar-refractivity contribution in [1.29, 1.82) is 0 Å². The summed E-state index contributed by atoms with van der Waals surface area (Å²) in [4.78, 5) is 10.1. The molecule has 1 aliphatic rings. The van der Waals surface area contributed by atoms with Crippen molar-refractivity contribution in [2.45, 2.75) is 6.04 Å². The van der Waals surface area contributed by atoms with Crippen molar-refractivity contribution in [2.75, 3.05) is 12.3 Å². The number of hydrogen-bond acceptors (Lipinski definition) is 5. The van der Waals surface area contributed by atoms with Gasteiger partial charge in [0.1, 0.15) is 6.61 Å². The number of nitrogen functional groups attached to an aromatic ring is 1. The maximum atomic E-state index is 10.6. The highest BCUT2D eigenvalue weighted by Crippen LogP contribution is 2.40. The number of benzene rings is 1. The molecule has 1 aromatic carbocycles. The van der Waals surface area contributed by atoms with E-state index < -0.39 is 4.92 Å². The number of fused-ring (bicyclic) bond motifs is 1. The van der Waals surface area contributed by atoms with Crippen LogP contribution in [0.2, 0.25) is 0 Å². The molecule has 1 heterocycles. The Kier molecular flexibility index (Phi) is 1.78. The fourth-order valence-electron chi connectivity index (χ4n) is 1.49. The van der Waals surface area contributed by atoms with E-state index in [1.54, 1.807) is 6.07 Å². The van der Waals surface area contributed by atoms with Gasteiger partial charge < -0.3 is 16.2 Å². The number of rotatable bonds is 1. The first-order chi connectivity index (χ1) is 6.59. The van der Waals surface area contributed by atoms with Crippen LogP contribution in [0.15, 0.2) is 12.1 Å². The molecule has 0 aliphatic carbocycles. The van der Waals surface area contributed by atoms with Crippen molar-refractivity contribution in [3.63, 3.8) is 0 Å². The van der Waals surface area contributed by atoms with Gasteiger partial charge in [-0.3, -0.25) is 10.1 Å². The van der Waals surface area contributed by atoms with Gasteiger partial charge in [0.25, 0.3) is 0 Å². The number of nitro benzene ring substituents is 1. The van der Waals surface area contributed by atoms with Crippen LogP contribution in [-0.4, -0.2) is 11.5 Å². The van der Waals surface area contributed by atoms with Gasteiger partial charge in [0.05, 0.1) is 11.0 Å². The first-order valence-electron chi connectivity index (χ1n) is 4.06. The van der Waals surface area contributed by atoms with Crippen LogP contribution in [0.1, 0.15) is 11.6 Å². The number of anilines is 1. The minimum atomic E-state index is -0.521. The summed E-state index contributed by atoms with van der Waals surface area (Å²) in [7, 11) is 0. The average Bonchev–Trinajstić information content (AvgIpc) is 2.47. The van der Waals surface area contributed by atoms with Crippen LogP contribution in [-0.2, 0) is 0 Å². The summed E-state index contributed by atoms with van der Waals surface area (Å²) in [5.74, 6) is 0.247. The number of ether oxygens (including phenoxy) is 1. The van der Waals surface area contributed by atoms with Gasteiger partial charge in [0, 0.05) is 17.3 Å². The molecule has 0 saturated carbocycles. The average molecular weight is 195 g/mol. The quantitative estimate of drug-likeness (QED) is 0.387. The molecule has 0 aromatic heterocycles. The van der Waals surface area contributed by atoms with E-state index in [0.29, 0.717) is 11.3 Å². The second-order valence-corrected chi connectivity index (χ2v) is 3.13. The van der Waals surface area contributed by atoms with Gasteiger partial charge >= 0.3 is 5.69 Å². The zero-order valence-corrected chi connectivity index (χ0v) is 7.27. The maximum Gasteiger partial charge on any atom is 0.313 e. The van der Waals surface area contributed by atoms with Crippen LogP contribution in [0, 0.1) is 10.1 Å². The summed E-state index contributed by atoms with van der Waals surface area (Å²) < 4.78 is 5.14. The molecule has 1 aliphatic heterocycles. The zero-order chi connectivity index (χ0) is 10.3. The molecule has 0 radical (unpaired) electrons. The van der Waals surface area contributed by atoms with Crippen molar-refractivity contribution < 1.29 is 9.66 Å². The van der Waals surface area contributed by atoms with Gasteiger partial charge in [-0.05, 0) is 6.07 Å². The van der Waals surface area contributed by atoms with E-state index in [1.165, 1.54) is 6.07 Å². The normalized spacial score (nSPS) is 18.8. The molecular weight excluding hydrogens is 186 g/mol. The highest BCUT2D eigenvalue weighted by atomic mass is 16.6. The van der Waals surface area contributed by atoms with E-state index in [4.69, 9.17) is 16.2 Å². The fraction of sp³-hybridized carbons (Fsp3) is 0.250. The SMILES string of the molecule is Nc1cc2c(c([N+](=O)[O-])c1)OCC2N. The van der Waals surface area contributed by atoms with E-state index in [2.05, 4.69) is 0 Å². The molecule has 1 aromatic rings. The van der Waals surface area contributed by atoms with Crippen molar-refractivity contribution in [1.82, 2.24) is 0 Å². The highest BCUT2D eigenvalue weighted by molar-refractivity contribution is 5.63. The lowest BCUT2D eigenvalue weighted by atomic mass is 10.1. The Morgan fingerprint density at radius 3 is 2.93 bits per heavy atom. The van der Waals surface area contributed by atoms with Gasteiger partial charge in [0.2, 0.25) is 5.75 Å². The first kappa shape index (κ1) is 8.76. The van der Waals surface area contributed by atoms with E-state index in [0.717, 1.165) is 0 Å². The molecule has 0 saturated heterocycles. The third-order valence-corrected chi connectivity index (χ3v) is 2.12. The molecule has 0 spiro atoms. The monoisotopic (exact) mass is 195 g/mol. The predicted molar refractivity (Wildman–Crippen MR) is 49.9 cm³/mol. The number of hydrogen-bond donors (Lipinski definition) is 2. The Labute approximate surface area is 79.6 Å². The third kappa shape index (κ3) is 1.16. The first-order valence-corrected chi connectivity index (χ1v) is 4.06. The number of nitro groups is 1. The lowest BCUT2D eigenvalue weighted by molar-refractivity contribution is -0.385. The summed E-state index contributed by atoms with van der Waals surface area (Å²) in [6.07, 6.45) is 0. The minimum absolute atomic E-state index is 0.118. The Balaban J connectivity index is 2.63. The molecule has 0 amide bonds. The van der Waals surface area contributed by atoms with E-state index in [1.807, 2.05) is 0 Å². The van der Waals surface area contributed by atoms with Crippen LogP contribution in [0.5, 0.6) is 5.75 Å². The fourth-order valence-corrected chi connectivity index (χ4v) is 1.49. The predicted octanol–water partition coefficient (Wildman–Crippen LogP) is 0.569. The topological polar surface area (TPSA) is 104 Å². The number of nitrogens with zero attached hydrogens (tertiary/aromatic N) is 1. The highest BCUT2D eigenvalue weighted by Gasteiger charge is 2.29. The van der Waals surface area contributed by atoms with Crippen LogP contribution in [0.25, 0.3) is 0 Å². The van der Waals surface area contributed by atoms with E-state index in [9.17, 15) is 10.1 Å². The van der Waals surface area contributed by atoms with Crippen LogP contribution >= 0.6 is 0 Å². The maximum absolute atomic E-state index is 10.6. The summed E-state index contributed by atoms with van der Waals surface area (Å²) in [6, 6.07) is 2.56. The largest absolute Gasteiger partial charge is 0.485 e. The van der Waals surface area contributed by atoms with E-state index >= 15 is 0 Å². The van der Waals surface area contributed by atoms with Gasteiger partial charge in [-0.15, -0.1) is 0 Å². The number of nitrogens with two attached hydrogens (primary N) is 2. The molecule has 14 heavy (non-hydrogen) atoms. The smallest absolute Gasteiger partial charge is 0.313 e. The summed E-state index contributed by atoms with van der Waals surface area (Å²) >= 11 is 0. The van der Waals surface area contributed by atoms with Gasteiger partial charge in [-0.25, -0.2) is 0 Å². The minimum Gasteiger partial charge on any atom is -0.485 e. The van der Waals surface area contributed by atoms with Gasteiger partial charge in [-0.1, -0.05) is 0 Å². The van der Waals surface area contributed by atoms with Crippen LogP contribution in [0.4, 0.5) is 11.4 Å². The standard InChI is InChI=1S/C8H9N3O3/c9-4-1-5-6(10)3-14-8(5)7(2-4)11(12)13/h1-2,6H,3,9-10H2. The lowest BCUT2D eigenvalue weighted by Crippen LogP contribution is -2.10. The molecule has 2 rings (SSSR count). The summed E-state index contributed by atoms with van der Waals surface area (Å²) in [5, 5.41) is 10.6.